The molecule has 0 unspecified atom stereocenters. The molecule has 0 saturated heterocycles. The molecule has 1 aliphatic rings. The minimum atomic E-state index is -0.403. The maximum Gasteiger partial charge on any atom is 0.255 e. The number of nitrogens with one attached hydrogen (secondary N) is 1. The second-order valence-electron chi connectivity index (χ2n) is 6.70. The second-order valence-corrected chi connectivity index (χ2v) is 7.14. The van der Waals surface area contributed by atoms with Gasteiger partial charge in [-0.2, -0.15) is 5.10 Å². The summed E-state index contributed by atoms with van der Waals surface area (Å²) in [5.74, 6) is -0.515. The van der Waals surface area contributed by atoms with E-state index in [1.807, 2.05) is 29.1 Å². The first kappa shape index (κ1) is 18.5. The van der Waals surface area contributed by atoms with E-state index in [-0.39, 0.29) is 24.0 Å². The molecule has 0 radical (unpaired) electrons. The third-order valence-corrected chi connectivity index (χ3v) is 4.94. The number of amides is 1. The Morgan fingerprint density at radius 1 is 1.29 bits per heavy atom. The molecule has 1 aliphatic heterocycles. The van der Waals surface area contributed by atoms with E-state index in [2.05, 4.69) is 22.5 Å². The van der Waals surface area contributed by atoms with Crippen LogP contribution in [0.2, 0.25) is 5.02 Å². The van der Waals surface area contributed by atoms with E-state index in [4.69, 9.17) is 16.3 Å². The molecule has 0 bridgehead atoms. The van der Waals surface area contributed by atoms with Crippen LogP contribution in [0, 0.1) is 0 Å². The number of phenolic OH excluding ortho intramolecular Hbond substituents is 1. The predicted octanol–water partition coefficient (Wildman–Crippen LogP) is 3.33. The van der Waals surface area contributed by atoms with E-state index in [9.17, 15) is 9.90 Å². The molecule has 0 saturated carbocycles. The molecule has 0 spiro atoms. The van der Waals surface area contributed by atoms with Crippen molar-refractivity contribution in [1.82, 2.24) is 15.1 Å². The van der Waals surface area contributed by atoms with Gasteiger partial charge in [0.2, 0.25) is 0 Å². The highest BCUT2D eigenvalue weighted by atomic mass is 35.5. The molecule has 28 heavy (non-hydrogen) atoms. The fourth-order valence-electron chi connectivity index (χ4n) is 3.31. The average Bonchev–Trinajstić information content (AvgIpc) is 3.11. The van der Waals surface area contributed by atoms with Gasteiger partial charge in [0.1, 0.15) is 11.9 Å². The molecule has 1 aromatic heterocycles. The monoisotopic (exact) mass is 397 g/mol. The zero-order valence-corrected chi connectivity index (χ0v) is 15.9. The molecule has 1 amide bonds. The summed E-state index contributed by atoms with van der Waals surface area (Å²) in [6.45, 7) is 1.52. The summed E-state index contributed by atoms with van der Waals surface area (Å²) >= 11 is 5.92. The van der Waals surface area contributed by atoms with Gasteiger partial charge in [-0.25, -0.2) is 0 Å². The molecular weight excluding hydrogens is 378 g/mol. The van der Waals surface area contributed by atoms with Crippen LogP contribution in [0.4, 0.5) is 0 Å². The van der Waals surface area contributed by atoms with Gasteiger partial charge in [-0.3, -0.25) is 9.48 Å². The second kappa shape index (κ2) is 8.04. The maximum atomic E-state index is 12.4. The summed E-state index contributed by atoms with van der Waals surface area (Å²) in [5, 5.41) is 17.7. The third-order valence-electron chi connectivity index (χ3n) is 4.70. The van der Waals surface area contributed by atoms with Crippen LogP contribution in [0.25, 0.3) is 0 Å². The van der Waals surface area contributed by atoms with Crippen LogP contribution in [0.15, 0.2) is 54.7 Å². The van der Waals surface area contributed by atoms with Crippen molar-refractivity contribution < 1.29 is 14.6 Å². The average molecular weight is 398 g/mol. The Hall–Kier alpha value is -2.83. The van der Waals surface area contributed by atoms with Crippen LogP contribution < -0.4 is 5.32 Å². The molecule has 0 fully saturated rings. The van der Waals surface area contributed by atoms with Crippen molar-refractivity contribution in [1.29, 1.82) is 0 Å². The lowest BCUT2D eigenvalue weighted by Gasteiger charge is -2.22. The summed E-state index contributed by atoms with van der Waals surface area (Å²) in [6, 6.07) is 14.5. The molecule has 2 N–H and O–H groups in total. The van der Waals surface area contributed by atoms with E-state index in [1.165, 1.54) is 23.8 Å². The number of halogens is 1. The van der Waals surface area contributed by atoms with Crippen molar-refractivity contribution in [2.24, 2.45) is 0 Å². The van der Waals surface area contributed by atoms with Crippen LogP contribution in [-0.2, 0) is 17.7 Å². The molecule has 1 atom stereocenters. The number of phenols is 1. The molecule has 144 valence electrons. The smallest absolute Gasteiger partial charge is 0.255 e. The van der Waals surface area contributed by atoms with Gasteiger partial charge in [-0.05, 0) is 35.7 Å². The first-order chi connectivity index (χ1) is 13.6. The fourth-order valence-corrected chi connectivity index (χ4v) is 3.48. The molecule has 4 rings (SSSR count). The Labute approximate surface area is 167 Å². The van der Waals surface area contributed by atoms with Crippen LogP contribution in [-0.4, -0.2) is 33.9 Å². The summed E-state index contributed by atoms with van der Waals surface area (Å²) in [5.41, 5.74) is 3.28. The van der Waals surface area contributed by atoms with Crippen molar-refractivity contribution in [3.05, 3.63) is 82.1 Å². The van der Waals surface area contributed by atoms with Gasteiger partial charge in [0, 0.05) is 17.8 Å². The molecule has 6 nitrogen and oxygen atoms in total. The van der Waals surface area contributed by atoms with Gasteiger partial charge < -0.3 is 15.2 Å². The van der Waals surface area contributed by atoms with Crippen LogP contribution in [0.1, 0.15) is 33.3 Å². The first-order valence-electron chi connectivity index (χ1n) is 9.08. The number of ether oxygens (including phenoxy) is 1. The third kappa shape index (κ3) is 4.03. The molecular formula is C21H20ClN3O3. The Morgan fingerprint density at radius 2 is 2.11 bits per heavy atom. The number of hydrogen-bond acceptors (Lipinski definition) is 4. The lowest BCUT2D eigenvalue weighted by atomic mass is 10.1. The SMILES string of the molecule is O=C(NC[C@@H]1OCCc2cn(Cc3ccccc3)nc21)c1cc(Cl)ccc1O. The number of carbonyl (C=O) groups excluding carboxylic acids is 1. The number of nitrogens with zero attached hydrogens (tertiary/aromatic N) is 2. The Morgan fingerprint density at radius 3 is 2.93 bits per heavy atom. The van der Waals surface area contributed by atoms with Gasteiger partial charge >= 0.3 is 0 Å². The highest BCUT2D eigenvalue weighted by molar-refractivity contribution is 6.31. The normalized spacial score (nSPS) is 15.8. The lowest BCUT2D eigenvalue weighted by Crippen LogP contribution is -2.32. The summed E-state index contributed by atoms with van der Waals surface area (Å²) in [6.07, 6.45) is 2.51. The summed E-state index contributed by atoms with van der Waals surface area (Å²) in [4.78, 5) is 12.4. The molecule has 0 aliphatic carbocycles. The quantitative estimate of drug-likeness (QED) is 0.692. The van der Waals surface area contributed by atoms with Gasteiger partial charge in [0.25, 0.3) is 5.91 Å². The first-order valence-corrected chi connectivity index (χ1v) is 9.46. The maximum absolute atomic E-state index is 12.4. The number of carbonyl (C=O) groups is 1. The minimum absolute atomic E-state index is 0.112. The largest absolute Gasteiger partial charge is 0.507 e. The van der Waals surface area contributed by atoms with Crippen molar-refractivity contribution >= 4 is 17.5 Å². The van der Waals surface area contributed by atoms with Crippen LogP contribution in [0.3, 0.4) is 0 Å². The van der Waals surface area contributed by atoms with E-state index < -0.39 is 5.91 Å². The zero-order chi connectivity index (χ0) is 19.5. The molecule has 3 aromatic rings. The molecule has 2 aromatic carbocycles. The number of fused-ring (bicyclic) bond motifs is 1. The number of benzene rings is 2. The van der Waals surface area contributed by atoms with Crippen LogP contribution in [0.5, 0.6) is 5.75 Å². The van der Waals surface area contributed by atoms with Crippen molar-refractivity contribution in [2.45, 2.75) is 19.1 Å². The number of rotatable bonds is 5. The Balaban J connectivity index is 1.46. The van der Waals surface area contributed by atoms with Crippen LogP contribution >= 0.6 is 11.6 Å². The summed E-state index contributed by atoms with van der Waals surface area (Å²) in [7, 11) is 0. The Kier molecular flexibility index (Phi) is 5.32. The lowest BCUT2D eigenvalue weighted by molar-refractivity contribution is 0.0383. The van der Waals surface area contributed by atoms with Crippen molar-refractivity contribution in [2.75, 3.05) is 13.2 Å². The van der Waals surface area contributed by atoms with Gasteiger partial charge in [0.15, 0.2) is 0 Å². The number of hydrogen-bond donors (Lipinski definition) is 2. The highest BCUT2D eigenvalue weighted by Gasteiger charge is 2.25. The van der Waals surface area contributed by atoms with Gasteiger partial charge in [-0.15, -0.1) is 0 Å². The predicted molar refractivity (Wildman–Crippen MR) is 106 cm³/mol. The van der Waals surface area contributed by atoms with Crippen molar-refractivity contribution in [3.8, 4) is 5.75 Å². The van der Waals surface area contributed by atoms with E-state index in [0.29, 0.717) is 18.2 Å². The van der Waals surface area contributed by atoms with E-state index >= 15 is 0 Å². The fraction of sp³-hybridized carbons (Fsp3) is 0.238. The summed E-state index contributed by atoms with van der Waals surface area (Å²) < 4.78 is 7.74. The van der Waals surface area contributed by atoms with Crippen molar-refractivity contribution in [3.63, 3.8) is 0 Å². The van der Waals surface area contributed by atoms with Gasteiger partial charge in [-0.1, -0.05) is 41.9 Å². The molecule has 2 heterocycles. The minimum Gasteiger partial charge on any atom is -0.507 e. The van der Waals surface area contributed by atoms with Gasteiger partial charge in [0.05, 0.1) is 24.4 Å². The Bertz CT molecular complexity index is 988. The zero-order valence-electron chi connectivity index (χ0n) is 15.1. The van der Waals surface area contributed by atoms with E-state index in [1.54, 1.807) is 0 Å². The molecule has 7 heteroatoms. The highest BCUT2D eigenvalue weighted by Crippen LogP contribution is 2.26. The standard InChI is InChI=1S/C21H20ClN3O3/c22-16-6-7-18(26)17(10-16)21(27)23-11-19-20-15(8-9-28-19)13-25(24-20)12-14-4-2-1-3-5-14/h1-7,10,13,19,26H,8-9,11-12H2,(H,23,27)/t19-/m0/s1. The number of aromatic hydroxyl groups is 1. The van der Waals surface area contributed by atoms with E-state index in [0.717, 1.165) is 17.7 Å². The topological polar surface area (TPSA) is 76.4 Å². The number of aromatic nitrogens is 2.